The monoisotopic (exact) mass is 344 g/mol. The third kappa shape index (κ3) is 5.17. The zero-order valence-corrected chi connectivity index (χ0v) is 14.1. The lowest BCUT2D eigenvalue weighted by atomic mass is 10.2. The van der Waals surface area contributed by atoms with Crippen LogP contribution in [0, 0.1) is 17.0 Å². The molecule has 1 aromatic heterocycles. The molecule has 1 aromatic carbocycles. The molecule has 0 atom stereocenters. The predicted octanol–water partition coefficient (Wildman–Crippen LogP) is 3.14. The number of hydrogen-bond acceptors (Lipinski definition) is 6. The van der Waals surface area contributed by atoms with E-state index in [1.165, 1.54) is 0 Å². The van der Waals surface area contributed by atoms with Gasteiger partial charge >= 0.3 is 5.69 Å². The summed E-state index contributed by atoms with van der Waals surface area (Å²) in [5, 5.41) is 16.9. The molecule has 132 valence electrons. The van der Waals surface area contributed by atoms with Crippen molar-refractivity contribution in [2.75, 3.05) is 23.8 Å². The number of nitro groups is 1. The van der Waals surface area contributed by atoms with Gasteiger partial charge < -0.3 is 15.4 Å². The molecular formula is C17H20N4O4. The summed E-state index contributed by atoms with van der Waals surface area (Å²) in [4.78, 5) is 26.9. The van der Waals surface area contributed by atoms with Gasteiger partial charge in [0, 0.05) is 18.7 Å². The minimum absolute atomic E-state index is 0.134. The number of nitrogens with zero attached hydrogens (tertiary/aromatic N) is 2. The molecule has 0 bridgehead atoms. The number of hydrogen-bond donors (Lipinski definition) is 2. The first kappa shape index (κ1) is 18.2. The van der Waals surface area contributed by atoms with Crippen molar-refractivity contribution in [1.29, 1.82) is 0 Å². The fraction of sp³-hybridized carbons (Fsp3) is 0.294. The van der Waals surface area contributed by atoms with Gasteiger partial charge in [0.15, 0.2) is 5.75 Å². The Balaban J connectivity index is 1.96. The van der Waals surface area contributed by atoms with Crippen LogP contribution in [0.5, 0.6) is 5.75 Å². The Hall–Kier alpha value is -3.16. The van der Waals surface area contributed by atoms with E-state index in [1.54, 1.807) is 37.3 Å². The Labute approximate surface area is 145 Å². The van der Waals surface area contributed by atoms with Gasteiger partial charge in [-0.2, -0.15) is 0 Å². The summed E-state index contributed by atoms with van der Waals surface area (Å²) >= 11 is 0. The third-order valence-corrected chi connectivity index (χ3v) is 3.30. The molecule has 0 spiro atoms. The van der Waals surface area contributed by atoms with Gasteiger partial charge in [-0.05, 0) is 38.1 Å². The van der Waals surface area contributed by atoms with E-state index in [0.717, 1.165) is 5.69 Å². The molecule has 25 heavy (non-hydrogen) atoms. The largest absolute Gasteiger partial charge is 0.487 e. The van der Waals surface area contributed by atoms with Crippen LogP contribution in [0.2, 0.25) is 0 Å². The zero-order chi connectivity index (χ0) is 18.2. The molecule has 2 aromatic rings. The van der Waals surface area contributed by atoms with Gasteiger partial charge in [0.1, 0.15) is 11.5 Å². The Morgan fingerprint density at radius 2 is 2.04 bits per heavy atom. The first-order valence-electron chi connectivity index (χ1n) is 7.89. The average molecular weight is 344 g/mol. The van der Waals surface area contributed by atoms with E-state index < -0.39 is 4.92 Å². The minimum Gasteiger partial charge on any atom is -0.487 e. The number of pyridine rings is 1. The van der Waals surface area contributed by atoms with Crippen molar-refractivity contribution in [3.05, 3.63) is 52.2 Å². The number of anilines is 2. The number of nitrogens with one attached hydrogen (secondary N) is 2. The van der Waals surface area contributed by atoms with Crippen LogP contribution >= 0.6 is 0 Å². The second kappa shape index (κ2) is 8.62. The number of aromatic nitrogens is 1. The van der Waals surface area contributed by atoms with Crippen molar-refractivity contribution in [3.63, 3.8) is 0 Å². The maximum absolute atomic E-state index is 12.0. The van der Waals surface area contributed by atoms with Gasteiger partial charge in [-0.3, -0.25) is 14.9 Å². The summed E-state index contributed by atoms with van der Waals surface area (Å²) < 4.78 is 5.29. The van der Waals surface area contributed by atoms with Crippen molar-refractivity contribution in [3.8, 4) is 5.75 Å². The van der Waals surface area contributed by atoms with Crippen molar-refractivity contribution in [1.82, 2.24) is 4.98 Å². The van der Waals surface area contributed by atoms with Crippen molar-refractivity contribution in [2.45, 2.75) is 20.3 Å². The number of rotatable bonds is 8. The lowest BCUT2D eigenvalue weighted by Crippen LogP contribution is -2.17. The van der Waals surface area contributed by atoms with Gasteiger partial charge in [0.25, 0.3) is 0 Å². The van der Waals surface area contributed by atoms with Gasteiger partial charge in [-0.25, -0.2) is 4.98 Å². The molecule has 0 saturated carbocycles. The Morgan fingerprint density at radius 1 is 1.28 bits per heavy atom. The number of carbonyl (C=O) groups is 1. The standard InChI is InChI=1S/C17H20N4O4/c1-3-25-14-8-5-7-13(17(14)21(23)24)18-11-10-16(22)20-15-9-4-6-12(2)19-15/h4-9,18H,3,10-11H2,1-2H3,(H,19,20,22). The Morgan fingerprint density at radius 3 is 2.72 bits per heavy atom. The Kier molecular flexibility index (Phi) is 6.27. The molecule has 1 heterocycles. The predicted molar refractivity (Wildman–Crippen MR) is 95.0 cm³/mol. The van der Waals surface area contributed by atoms with E-state index >= 15 is 0 Å². The Bertz CT molecular complexity index is 764. The molecule has 8 nitrogen and oxygen atoms in total. The smallest absolute Gasteiger partial charge is 0.333 e. The topological polar surface area (TPSA) is 106 Å². The molecule has 0 aliphatic rings. The first-order chi connectivity index (χ1) is 12.0. The van der Waals surface area contributed by atoms with Crippen molar-refractivity contribution < 1.29 is 14.5 Å². The highest BCUT2D eigenvalue weighted by Gasteiger charge is 2.20. The van der Waals surface area contributed by atoms with Crippen LogP contribution in [-0.4, -0.2) is 29.0 Å². The first-order valence-corrected chi connectivity index (χ1v) is 7.89. The van der Waals surface area contributed by atoms with Crippen molar-refractivity contribution >= 4 is 23.1 Å². The second-order valence-electron chi connectivity index (χ2n) is 5.23. The number of carbonyl (C=O) groups excluding carboxylic acids is 1. The molecule has 2 rings (SSSR count). The third-order valence-electron chi connectivity index (χ3n) is 3.30. The van der Waals surface area contributed by atoms with Crippen molar-refractivity contribution in [2.24, 2.45) is 0 Å². The average Bonchev–Trinajstić information content (AvgIpc) is 2.55. The van der Waals surface area contributed by atoms with E-state index in [9.17, 15) is 14.9 Å². The number of amides is 1. The summed E-state index contributed by atoms with van der Waals surface area (Å²) in [5.41, 5.74) is 0.988. The highest BCUT2D eigenvalue weighted by atomic mass is 16.6. The van der Waals surface area contributed by atoms with Crippen LogP contribution in [0.3, 0.4) is 0 Å². The molecule has 8 heteroatoms. The van der Waals surface area contributed by atoms with E-state index in [2.05, 4.69) is 15.6 Å². The summed E-state index contributed by atoms with van der Waals surface area (Å²) in [6.07, 6.45) is 0.144. The number of nitro benzene ring substituents is 1. The van der Waals surface area contributed by atoms with Crippen LogP contribution in [0.1, 0.15) is 19.0 Å². The summed E-state index contributed by atoms with van der Waals surface area (Å²) in [5.74, 6) is 0.453. The van der Waals surface area contributed by atoms with Crippen LogP contribution < -0.4 is 15.4 Å². The second-order valence-corrected chi connectivity index (χ2v) is 5.23. The van der Waals surface area contributed by atoms with Crippen LogP contribution in [-0.2, 0) is 4.79 Å². The fourth-order valence-corrected chi connectivity index (χ4v) is 2.25. The van der Waals surface area contributed by atoms with Gasteiger partial charge in [-0.15, -0.1) is 0 Å². The normalized spacial score (nSPS) is 10.2. The van der Waals surface area contributed by atoms with Gasteiger partial charge in [-0.1, -0.05) is 12.1 Å². The zero-order valence-electron chi connectivity index (χ0n) is 14.1. The molecule has 0 saturated heterocycles. The number of para-hydroxylation sites is 1. The number of aryl methyl sites for hydroxylation is 1. The molecule has 0 unspecified atom stereocenters. The summed E-state index contributed by atoms with van der Waals surface area (Å²) in [6, 6.07) is 10.1. The van der Waals surface area contributed by atoms with Crippen LogP contribution in [0.15, 0.2) is 36.4 Å². The maximum Gasteiger partial charge on any atom is 0.333 e. The van der Waals surface area contributed by atoms with Gasteiger partial charge in [0.2, 0.25) is 5.91 Å². The lowest BCUT2D eigenvalue weighted by Gasteiger charge is -2.10. The van der Waals surface area contributed by atoms with Crippen LogP contribution in [0.4, 0.5) is 17.2 Å². The molecule has 0 fully saturated rings. The molecule has 2 N–H and O–H groups in total. The molecule has 0 radical (unpaired) electrons. The number of benzene rings is 1. The molecule has 0 aliphatic carbocycles. The van der Waals surface area contributed by atoms with E-state index in [1.807, 2.05) is 13.0 Å². The van der Waals surface area contributed by atoms with Crippen LogP contribution in [0.25, 0.3) is 0 Å². The maximum atomic E-state index is 12.0. The summed E-state index contributed by atoms with van der Waals surface area (Å²) in [6.45, 7) is 4.17. The highest BCUT2D eigenvalue weighted by Crippen LogP contribution is 2.34. The molecule has 1 amide bonds. The quantitative estimate of drug-likeness (QED) is 0.563. The van der Waals surface area contributed by atoms with E-state index in [-0.39, 0.29) is 30.3 Å². The molecular weight excluding hydrogens is 324 g/mol. The SMILES string of the molecule is CCOc1cccc(NCCC(=O)Nc2cccc(C)n2)c1[N+](=O)[O-]. The fourth-order valence-electron chi connectivity index (χ4n) is 2.25. The van der Waals surface area contributed by atoms with E-state index in [0.29, 0.717) is 18.1 Å². The minimum atomic E-state index is -0.496. The highest BCUT2D eigenvalue weighted by molar-refractivity contribution is 5.90. The van der Waals surface area contributed by atoms with Gasteiger partial charge in [0.05, 0.1) is 11.5 Å². The lowest BCUT2D eigenvalue weighted by molar-refractivity contribution is -0.384. The van der Waals surface area contributed by atoms with E-state index in [4.69, 9.17) is 4.74 Å². The molecule has 0 aliphatic heterocycles. The summed E-state index contributed by atoms with van der Waals surface area (Å²) in [7, 11) is 0. The number of ether oxygens (including phenoxy) is 1.